The Labute approximate surface area is 123 Å². The smallest absolute Gasteiger partial charge is 0.330 e. The number of nitrogens with one attached hydrogen (secondary N) is 1. The van der Waals surface area contributed by atoms with E-state index in [4.69, 9.17) is 9.47 Å². The summed E-state index contributed by atoms with van der Waals surface area (Å²) in [6.45, 7) is 6.82. The Morgan fingerprint density at radius 3 is 2.64 bits per heavy atom. The average Bonchev–Trinajstić information content (AvgIpc) is 2.55. The Bertz CT molecular complexity index is 726. The average molecular weight is 317 g/mol. The molecule has 121 valence electrons. The largest absolute Gasteiger partial charge is 0.453 e. The summed E-state index contributed by atoms with van der Waals surface area (Å²) in [6, 6.07) is 0. The normalized spacial score (nSPS) is 34.6. The maximum atomic E-state index is 15.2. The lowest BCUT2D eigenvalue weighted by atomic mass is 9.84. The van der Waals surface area contributed by atoms with E-state index in [1.165, 1.54) is 6.92 Å². The Balaban J connectivity index is 2.61. The third-order valence-corrected chi connectivity index (χ3v) is 3.90. The van der Waals surface area contributed by atoms with Crippen molar-refractivity contribution in [3.05, 3.63) is 39.8 Å². The Hall–Kier alpha value is -2.03. The van der Waals surface area contributed by atoms with Crippen molar-refractivity contribution in [2.45, 2.75) is 44.4 Å². The van der Waals surface area contributed by atoms with Crippen molar-refractivity contribution in [3.8, 4) is 0 Å². The molecule has 0 bridgehead atoms. The van der Waals surface area contributed by atoms with Gasteiger partial charge in [-0.2, -0.15) is 4.39 Å². The number of esters is 1. The highest BCUT2D eigenvalue weighted by Crippen LogP contribution is 2.49. The minimum Gasteiger partial charge on any atom is -0.453 e. The molecule has 0 saturated carbocycles. The highest BCUT2D eigenvalue weighted by Gasteiger charge is 2.65. The molecular formula is C13H15F2N2O5. The molecule has 4 atom stereocenters. The molecule has 0 aliphatic carbocycles. The highest BCUT2D eigenvalue weighted by molar-refractivity contribution is 5.67. The molecule has 22 heavy (non-hydrogen) atoms. The number of aromatic nitrogens is 2. The number of nitrogens with zero attached hydrogens (tertiary/aromatic N) is 1. The predicted octanol–water partition coefficient (Wildman–Crippen LogP) is 0.457. The highest BCUT2D eigenvalue weighted by atomic mass is 19.1. The maximum Gasteiger partial charge on any atom is 0.330 e. The van der Waals surface area contributed by atoms with Crippen LogP contribution in [0.3, 0.4) is 0 Å². The standard InChI is InChI=1S/C13H15F2N2O5/c1-6-13(4,22-7(2)18)12(3,15)10(21-6)17-9(19)8(14)5-16-11(17)20/h5-6,10H,1H2,2-4H3,(H,16,20)/t6-,10?,12+,13?/m1/s1. The van der Waals surface area contributed by atoms with E-state index in [2.05, 4.69) is 6.92 Å². The summed E-state index contributed by atoms with van der Waals surface area (Å²) in [5, 5.41) is 0. The summed E-state index contributed by atoms with van der Waals surface area (Å²) in [6.07, 6.45) is -2.45. The number of hydrogen-bond acceptors (Lipinski definition) is 5. The number of ether oxygens (including phenoxy) is 2. The Morgan fingerprint density at radius 2 is 2.09 bits per heavy atom. The number of aromatic amines is 1. The minimum atomic E-state index is -2.50. The fourth-order valence-corrected chi connectivity index (χ4v) is 2.42. The van der Waals surface area contributed by atoms with E-state index in [9.17, 15) is 18.8 Å². The minimum absolute atomic E-state index is 0.266. The summed E-state index contributed by atoms with van der Waals surface area (Å²) >= 11 is 0. The number of hydrogen-bond donors (Lipinski definition) is 1. The fraction of sp³-hybridized carbons (Fsp3) is 0.538. The molecule has 1 aromatic rings. The Morgan fingerprint density at radius 1 is 1.50 bits per heavy atom. The quantitative estimate of drug-likeness (QED) is 0.800. The molecule has 2 unspecified atom stereocenters. The first kappa shape index (κ1) is 16.3. The third-order valence-electron chi connectivity index (χ3n) is 3.90. The van der Waals surface area contributed by atoms with Crippen molar-refractivity contribution in [1.29, 1.82) is 0 Å². The Kier molecular flexibility index (Phi) is 3.72. The van der Waals surface area contributed by atoms with E-state index in [1.807, 2.05) is 4.98 Å². The van der Waals surface area contributed by atoms with Crippen LogP contribution in [0.2, 0.25) is 0 Å². The van der Waals surface area contributed by atoms with Gasteiger partial charge in [-0.05, 0) is 20.8 Å². The van der Waals surface area contributed by atoms with E-state index in [-0.39, 0.29) is 4.57 Å². The molecule has 2 heterocycles. The van der Waals surface area contributed by atoms with E-state index in [0.29, 0.717) is 6.20 Å². The lowest BCUT2D eigenvalue weighted by Gasteiger charge is -2.36. The molecule has 1 aliphatic rings. The van der Waals surface area contributed by atoms with E-state index in [1.54, 1.807) is 0 Å². The molecule has 7 nitrogen and oxygen atoms in total. The number of H-pyrrole nitrogens is 1. The monoisotopic (exact) mass is 317 g/mol. The van der Waals surface area contributed by atoms with Gasteiger partial charge >= 0.3 is 11.7 Å². The van der Waals surface area contributed by atoms with Crippen molar-refractivity contribution >= 4 is 5.97 Å². The molecule has 0 amide bonds. The van der Waals surface area contributed by atoms with Crippen molar-refractivity contribution in [3.63, 3.8) is 0 Å². The van der Waals surface area contributed by atoms with Gasteiger partial charge in [-0.15, -0.1) is 0 Å². The summed E-state index contributed by atoms with van der Waals surface area (Å²) < 4.78 is 39.1. The van der Waals surface area contributed by atoms with Gasteiger partial charge < -0.3 is 14.5 Å². The van der Waals surface area contributed by atoms with E-state index in [0.717, 1.165) is 13.8 Å². The van der Waals surface area contributed by atoms with Gasteiger partial charge in [-0.3, -0.25) is 9.59 Å². The zero-order valence-electron chi connectivity index (χ0n) is 12.2. The van der Waals surface area contributed by atoms with Crippen LogP contribution in [0.25, 0.3) is 0 Å². The van der Waals surface area contributed by atoms with Crippen LogP contribution in [0.4, 0.5) is 8.78 Å². The molecule has 1 N–H and O–H groups in total. The first-order chi connectivity index (χ1) is 10.0. The van der Waals surface area contributed by atoms with Crippen LogP contribution in [0.15, 0.2) is 15.8 Å². The van der Waals surface area contributed by atoms with Gasteiger partial charge in [-0.1, -0.05) is 0 Å². The first-order valence-corrected chi connectivity index (χ1v) is 6.39. The molecule has 0 aromatic carbocycles. The second-order valence-corrected chi connectivity index (χ2v) is 5.37. The summed E-state index contributed by atoms with van der Waals surface area (Å²) in [5.41, 5.74) is -6.77. The van der Waals surface area contributed by atoms with Gasteiger partial charge in [0.2, 0.25) is 5.82 Å². The predicted molar refractivity (Wildman–Crippen MR) is 70.2 cm³/mol. The lowest BCUT2D eigenvalue weighted by Crippen LogP contribution is -2.55. The van der Waals surface area contributed by atoms with Crippen LogP contribution < -0.4 is 11.2 Å². The van der Waals surface area contributed by atoms with Gasteiger partial charge in [0.25, 0.3) is 5.56 Å². The fourth-order valence-electron chi connectivity index (χ4n) is 2.42. The van der Waals surface area contributed by atoms with Crippen molar-refractivity contribution < 1.29 is 23.0 Å². The molecule has 9 heteroatoms. The van der Waals surface area contributed by atoms with Gasteiger partial charge in [0.05, 0.1) is 0 Å². The lowest BCUT2D eigenvalue weighted by molar-refractivity contribution is -0.171. The van der Waals surface area contributed by atoms with Crippen molar-refractivity contribution in [2.75, 3.05) is 0 Å². The molecule has 2 rings (SSSR count). The third kappa shape index (κ3) is 2.16. The number of carbonyl (C=O) groups excluding carboxylic acids is 1. The van der Waals surface area contributed by atoms with Crippen LogP contribution in [-0.2, 0) is 14.3 Å². The van der Waals surface area contributed by atoms with Crippen molar-refractivity contribution in [2.24, 2.45) is 0 Å². The molecule has 1 radical (unpaired) electrons. The number of alkyl halides is 1. The summed E-state index contributed by atoms with van der Waals surface area (Å²) in [5.74, 6) is -2.06. The van der Waals surface area contributed by atoms with Gasteiger partial charge in [0.15, 0.2) is 17.5 Å². The van der Waals surface area contributed by atoms with Crippen LogP contribution in [0.1, 0.15) is 27.0 Å². The van der Waals surface area contributed by atoms with Crippen LogP contribution in [-0.4, -0.2) is 32.9 Å². The number of carbonyl (C=O) groups is 1. The zero-order valence-corrected chi connectivity index (χ0v) is 12.2. The second-order valence-electron chi connectivity index (χ2n) is 5.37. The van der Waals surface area contributed by atoms with Crippen LogP contribution in [0, 0.1) is 12.7 Å². The summed E-state index contributed by atoms with van der Waals surface area (Å²) in [4.78, 5) is 36.7. The second kappa shape index (κ2) is 5.01. The van der Waals surface area contributed by atoms with E-state index < -0.39 is 46.6 Å². The maximum absolute atomic E-state index is 15.2. The molecule has 1 aromatic heterocycles. The van der Waals surface area contributed by atoms with E-state index >= 15 is 4.39 Å². The molecular weight excluding hydrogens is 302 g/mol. The number of rotatable bonds is 2. The van der Waals surface area contributed by atoms with Crippen LogP contribution >= 0.6 is 0 Å². The topological polar surface area (TPSA) is 90.4 Å². The van der Waals surface area contributed by atoms with Gasteiger partial charge in [-0.25, -0.2) is 13.8 Å². The van der Waals surface area contributed by atoms with Crippen molar-refractivity contribution in [1.82, 2.24) is 9.55 Å². The number of halogens is 2. The summed E-state index contributed by atoms with van der Waals surface area (Å²) in [7, 11) is 0. The molecule has 1 saturated heterocycles. The molecule has 1 fully saturated rings. The zero-order chi connectivity index (χ0) is 16.9. The first-order valence-electron chi connectivity index (χ1n) is 6.39. The van der Waals surface area contributed by atoms with Gasteiger partial charge in [0.1, 0.15) is 6.10 Å². The molecule has 0 spiro atoms. The SMILES string of the molecule is [CH2][C@H]1OC(n2c(=O)[nH]cc(F)c2=O)[C@](C)(F)C1(C)OC(C)=O. The van der Waals surface area contributed by atoms with Crippen LogP contribution in [0.5, 0.6) is 0 Å². The van der Waals surface area contributed by atoms with Gasteiger partial charge in [0, 0.05) is 13.1 Å². The molecule has 1 aliphatic heterocycles.